The maximum absolute atomic E-state index is 13.2. The number of nitrogens with zero attached hydrogens (tertiary/aromatic N) is 4. The standard InChI is InChI=1S/C21H20BrN5O4/c1-13-10-14(4-6-16(13)22)23-19(28)12-26-18-11-15(27(30)31)5-7-17(18)24-20(21(26)29)25-8-2-3-9-25/h4-7,10-11H,2-3,8-9,12H2,1H3,(H,23,28). The van der Waals surface area contributed by atoms with Crippen LogP contribution in [-0.2, 0) is 11.3 Å². The number of hydrogen-bond donors (Lipinski definition) is 1. The summed E-state index contributed by atoms with van der Waals surface area (Å²) in [4.78, 5) is 43.1. The molecule has 2 heterocycles. The van der Waals surface area contributed by atoms with E-state index in [1.807, 2.05) is 24.0 Å². The quantitative estimate of drug-likeness (QED) is 0.436. The fourth-order valence-corrected chi connectivity index (χ4v) is 3.93. The molecule has 1 aliphatic rings. The Morgan fingerprint density at radius 1 is 1.23 bits per heavy atom. The lowest BCUT2D eigenvalue weighted by Crippen LogP contribution is -2.34. The fraction of sp³-hybridized carbons (Fsp3) is 0.286. The van der Waals surface area contributed by atoms with Crippen LogP contribution in [0.5, 0.6) is 0 Å². The van der Waals surface area contributed by atoms with E-state index in [4.69, 9.17) is 0 Å². The van der Waals surface area contributed by atoms with Crippen LogP contribution in [0.4, 0.5) is 17.2 Å². The molecule has 4 rings (SSSR count). The van der Waals surface area contributed by atoms with E-state index in [-0.39, 0.29) is 23.6 Å². The second kappa shape index (κ2) is 8.46. The van der Waals surface area contributed by atoms with Gasteiger partial charge in [0.1, 0.15) is 6.54 Å². The number of nitro groups is 1. The Bertz CT molecular complexity index is 1250. The van der Waals surface area contributed by atoms with Crippen molar-refractivity contribution in [1.82, 2.24) is 9.55 Å². The van der Waals surface area contributed by atoms with Gasteiger partial charge in [-0.2, -0.15) is 0 Å². The van der Waals surface area contributed by atoms with Crippen LogP contribution in [0.1, 0.15) is 18.4 Å². The van der Waals surface area contributed by atoms with Crippen LogP contribution in [0.15, 0.2) is 45.7 Å². The number of anilines is 2. The molecule has 0 unspecified atom stereocenters. The van der Waals surface area contributed by atoms with E-state index in [0.29, 0.717) is 24.3 Å². The Morgan fingerprint density at radius 2 is 1.97 bits per heavy atom. The van der Waals surface area contributed by atoms with Gasteiger partial charge in [-0.1, -0.05) is 15.9 Å². The van der Waals surface area contributed by atoms with Crippen LogP contribution in [0.25, 0.3) is 11.0 Å². The second-order valence-electron chi connectivity index (χ2n) is 7.46. The lowest BCUT2D eigenvalue weighted by Gasteiger charge is -2.19. The predicted octanol–water partition coefficient (Wildman–Crippen LogP) is 3.61. The summed E-state index contributed by atoms with van der Waals surface area (Å²) < 4.78 is 2.19. The van der Waals surface area contributed by atoms with E-state index in [2.05, 4.69) is 26.2 Å². The highest BCUT2D eigenvalue weighted by Crippen LogP contribution is 2.23. The third kappa shape index (κ3) is 4.29. The van der Waals surface area contributed by atoms with E-state index >= 15 is 0 Å². The molecule has 0 atom stereocenters. The number of non-ortho nitro benzene ring substituents is 1. The van der Waals surface area contributed by atoms with Crippen molar-refractivity contribution < 1.29 is 9.72 Å². The van der Waals surface area contributed by atoms with E-state index in [1.54, 1.807) is 6.07 Å². The molecule has 31 heavy (non-hydrogen) atoms. The lowest BCUT2D eigenvalue weighted by atomic mass is 10.2. The van der Waals surface area contributed by atoms with Gasteiger partial charge < -0.3 is 10.2 Å². The number of aryl methyl sites for hydroxylation is 1. The Kier molecular flexibility index (Phi) is 5.73. The Hall–Kier alpha value is -3.27. The number of carbonyl (C=O) groups excluding carboxylic acids is 1. The van der Waals surface area contributed by atoms with E-state index in [1.165, 1.54) is 22.8 Å². The molecule has 2 aromatic carbocycles. The Morgan fingerprint density at radius 3 is 2.65 bits per heavy atom. The minimum Gasteiger partial charge on any atom is -0.352 e. The number of nitro benzene ring substituents is 1. The van der Waals surface area contributed by atoms with E-state index in [0.717, 1.165) is 22.9 Å². The number of halogens is 1. The van der Waals surface area contributed by atoms with Gasteiger partial charge in [0.05, 0.1) is 16.0 Å². The van der Waals surface area contributed by atoms with Crippen LogP contribution in [0.2, 0.25) is 0 Å². The molecule has 1 aromatic heterocycles. The molecule has 1 N–H and O–H groups in total. The number of benzene rings is 2. The Labute approximate surface area is 186 Å². The van der Waals surface area contributed by atoms with Gasteiger partial charge in [0.2, 0.25) is 5.91 Å². The van der Waals surface area contributed by atoms with Gasteiger partial charge in [-0.25, -0.2) is 4.98 Å². The zero-order valence-corrected chi connectivity index (χ0v) is 18.4. The van der Waals surface area contributed by atoms with Crippen molar-refractivity contribution in [2.24, 2.45) is 0 Å². The maximum Gasteiger partial charge on any atom is 0.294 e. The number of carbonyl (C=O) groups is 1. The van der Waals surface area contributed by atoms with Gasteiger partial charge in [-0.3, -0.25) is 24.3 Å². The van der Waals surface area contributed by atoms with Gasteiger partial charge in [-0.15, -0.1) is 0 Å². The summed E-state index contributed by atoms with van der Waals surface area (Å²) in [6, 6.07) is 9.54. The topological polar surface area (TPSA) is 110 Å². The summed E-state index contributed by atoms with van der Waals surface area (Å²) in [5.41, 5.74) is 1.64. The summed E-state index contributed by atoms with van der Waals surface area (Å²) in [6.07, 6.45) is 1.92. The summed E-state index contributed by atoms with van der Waals surface area (Å²) in [6.45, 7) is 3.05. The van der Waals surface area contributed by atoms with Crippen LogP contribution < -0.4 is 15.8 Å². The van der Waals surface area contributed by atoms with Crippen molar-refractivity contribution in [3.05, 3.63) is 66.9 Å². The van der Waals surface area contributed by atoms with Crippen LogP contribution in [0, 0.1) is 17.0 Å². The maximum atomic E-state index is 13.2. The molecule has 9 nitrogen and oxygen atoms in total. The first-order valence-corrected chi connectivity index (χ1v) is 10.6. The highest BCUT2D eigenvalue weighted by molar-refractivity contribution is 9.10. The van der Waals surface area contributed by atoms with Crippen LogP contribution in [0.3, 0.4) is 0 Å². The number of hydrogen-bond acceptors (Lipinski definition) is 6. The molecule has 1 fully saturated rings. The number of rotatable bonds is 5. The summed E-state index contributed by atoms with van der Waals surface area (Å²) >= 11 is 3.42. The minimum absolute atomic E-state index is 0.166. The first-order valence-electron chi connectivity index (χ1n) is 9.83. The highest BCUT2D eigenvalue weighted by Gasteiger charge is 2.22. The van der Waals surface area contributed by atoms with Gasteiger partial charge >= 0.3 is 0 Å². The van der Waals surface area contributed by atoms with Crippen LogP contribution >= 0.6 is 15.9 Å². The average molecular weight is 486 g/mol. The van der Waals surface area contributed by atoms with Crippen molar-refractivity contribution in [3.63, 3.8) is 0 Å². The van der Waals surface area contributed by atoms with Crippen molar-refractivity contribution in [2.45, 2.75) is 26.3 Å². The normalized spacial score (nSPS) is 13.5. The first-order chi connectivity index (χ1) is 14.8. The van der Waals surface area contributed by atoms with Crippen molar-refractivity contribution in [2.75, 3.05) is 23.3 Å². The van der Waals surface area contributed by atoms with Gasteiger partial charge in [-0.05, 0) is 49.6 Å². The molecule has 0 aliphatic carbocycles. The minimum atomic E-state index is -0.534. The second-order valence-corrected chi connectivity index (χ2v) is 8.32. The molecule has 1 aliphatic heterocycles. The molecule has 0 radical (unpaired) electrons. The first kappa shape index (κ1) is 21.0. The van der Waals surface area contributed by atoms with Crippen LogP contribution in [-0.4, -0.2) is 33.5 Å². The fourth-order valence-electron chi connectivity index (χ4n) is 3.69. The monoisotopic (exact) mass is 485 g/mol. The van der Waals surface area contributed by atoms with Crippen molar-refractivity contribution >= 4 is 50.1 Å². The zero-order chi connectivity index (χ0) is 22.1. The third-order valence-corrected chi connectivity index (χ3v) is 6.16. The zero-order valence-electron chi connectivity index (χ0n) is 16.8. The smallest absolute Gasteiger partial charge is 0.294 e. The third-order valence-electron chi connectivity index (χ3n) is 5.27. The molecule has 160 valence electrons. The number of nitrogens with one attached hydrogen (secondary N) is 1. The number of aromatic nitrogens is 2. The highest BCUT2D eigenvalue weighted by atomic mass is 79.9. The number of fused-ring (bicyclic) bond motifs is 1. The van der Waals surface area contributed by atoms with Gasteiger partial charge in [0, 0.05) is 35.4 Å². The molecule has 0 saturated carbocycles. The van der Waals surface area contributed by atoms with Crippen molar-refractivity contribution in [1.29, 1.82) is 0 Å². The number of amides is 1. The summed E-state index contributed by atoms with van der Waals surface area (Å²) in [5, 5.41) is 14.0. The van der Waals surface area contributed by atoms with Crippen molar-refractivity contribution in [3.8, 4) is 0 Å². The molecule has 10 heteroatoms. The summed E-state index contributed by atoms with van der Waals surface area (Å²) in [7, 11) is 0. The predicted molar refractivity (Wildman–Crippen MR) is 122 cm³/mol. The van der Waals surface area contributed by atoms with E-state index in [9.17, 15) is 19.7 Å². The molecule has 0 bridgehead atoms. The lowest BCUT2D eigenvalue weighted by molar-refractivity contribution is -0.384. The van der Waals surface area contributed by atoms with E-state index < -0.39 is 16.4 Å². The Balaban J connectivity index is 1.75. The SMILES string of the molecule is Cc1cc(NC(=O)Cn2c(=O)c(N3CCCC3)nc3ccc([N+](=O)[O-])cc32)ccc1Br. The van der Waals surface area contributed by atoms with Gasteiger partial charge in [0.25, 0.3) is 11.2 Å². The largest absolute Gasteiger partial charge is 0.352 e. The molecule has 1 saturated heterocycles. The molecule has 1 amide bonds. The molecule has 0 spiro atoms. The summed E-state index contributed by atoms with van der Waals surface area (Å²) in [5.74, 6) is -0.138. The molecular weight excluding hydrogens is 466 g/mol. The molecule has 3 aromatic rings. The van der Waals surface area contributed by atoms with Gasteiger partial charge in [0.15, 0.2) is 5.82 Å². The average Bonchev–Trinajstić information content (AvgIpc) is 3.27. The molecular formula is C21H20BrN5O4.